The van der Waals surface area contributed by atoms with Crippen LogP contribution in [0, 0.1) is 0 Å². The molecule has 0 aliphatic rings. The number of Topliss-reactive ketones (excluding diaryl/α,β-unsaturated/α-hetero) is 1. The molecule has 2 heteroatoms. The van der Waals surface area contributed by atoms with Crippen molar-refractivity contribution < 1.29 is 14.4 Å². The minimum absolute atomic E-state index is 0.336. The van der Waals surface area contributed by atoms with Crippen molar-refractivity contribution in [3.8, 4) is 0 Å². The van der Waals surface area contributed by atoms with Gasteiger partial charge < -0.3 is 5.32 Å². The van der Waals surface area contributed by atoms with Crippen LogP contribution in [0.3, 0.4) is 0 Å². The van der Waals surface area contributed by atoms with E-state index >= 15 is 0 Å². The molecule has 76 valence electrons. The van der Waals surface area contributed by atoms with E-state index in [9.17, 15) is 4.79 Å². The highest BCUT2D eigenvalue weighted by Gasteiger charge is 2.12. The van der Waals surface area contributed by atoms with E-state index < -0.39 is 31.5 Å². The Hall–Kier alpha value is -1.15. The van der Waals surface area contributed by atoms with E-state index in [1.54, 1.807) is 30.3 Å². The van der Waals surface area contributed by atoms with Crippen molar-refractivity contribution in [2.45, 2.75) is 26.2 Å². The van der Waals surface area contributed by atoms with Crippen molar-refractivity contribution in [3.63, 3.8) is 0 Å². The minimum Gasteiger partial charge on any atom is -0.307 e. The maximum absolute atomic E-state index is 12.1. The first kappa shape index (κ1) is 4.58. The summed E-state index contributed by atoms with van der Waals surface area (Å²) in [6.07, 6.45) is -3.13. The van der Waals surface area contributed by atoms with Crippen LogP contribution in [0.1, 0.15) is 40.1 Å². The van der Waals surface area contributed by atoms with Crippen molar-refractivity contribution in [2.75, 3.05) is 6.50 Å². The summed E-state index contributed by atoms with van der Waals surface area (Å²) in [4.78, 5) is 12.1. The van der Waals surface area contributed by atoms with Crippen molar-refractivity contribution in [2.24, 2.45) is 0 Å². The Kier molecular flexibility index (Phi) is 1.82. The maximum atomic E-state index is 12.1. The van der Waals surface area contributed by atoms with Gasteiger partial charge in [-0.2, -0.15) is 0 Å². The molecule has 0 heterocycles. The number of ketones is 1. The van der Waals surface area contributed by atoms with E-state index in [1.165, 1.54) is 6.92 Å². The van der Waals surface area contributed by atoms with E-state index in [0.717, 1.165) is 0 Å². The molecule has 0 saturated carbocycles. The van der Waals surface area contributed by atoms with Crippen LogP contribution >= 0.6 is 0 Å². The molecule has 1 N–H and O–H groups in total. The van der Waals surface area contributed by atoms with Gasteiger partial charge in [-0.3, -0.25) is 4.79 Å². The Morgan fingerprint density at radius 3 is 2.93 bits per heavy atom. The van der Waals surface area contributed by atoms with Crippen LogP contribution in [0.4, 0.5) is 0 Å². The second-order valence-corrected chi connectivity index (χ2v) is 2.85. The van der Waals surface area contributed by atoms with Gasteiger partial charge in [0.05, 0.1) is 6.04 Å². The molecule has 0 aliphatic carbocycles. The first-order valence-corrected chi connectivity index (χ1v) is 4.27. The second-order valence-electron chi connectivity index (χ2n) is 2.85. The summed E-state index contributed by atoms with van der Waals surface area (Å²) in [7, 11) is 0. The van der Waals surface area contributed by atoms with Gasteiger partial charge in [0.25, 0.3) is 0 Å². The number of hydrogen-bond donors (Lipinski definition) is 1. The summed E-state index contributed by atoms with van der Waals surface area (Å²) < 4.78 is 51.5. The van der Waals surface area contributed by atoms with Gasteiger partial charge in [-0.1, -0.05) is 37.2 Å². The van der Waals surface area contributed by atoms with Gasteiger partial charge in [-0.25, -0.2) is 0 Å². The Morgan fingerprint density at radius 1 is 1.57 bits per heavy atom. The molecular weight excluding hydrogens is 174 g/mol. The predicted molar refractivity (Wildman–Crippen MR) is 58.5 cm³/mol. The van der Waals surface area contributed by atoms with Crippen molar-refractivity contribution in [1.82, 2.24) is 5.32 Å². The number of benzene rings is 1. The molecule has 0 fully saturated rings. The molecule has 0 aromatic heterocycles. The third-order valence-electron chi connectivity index (χ3n) is 1.80. The Morgan fingerprint density at radius 2 is 2.29 bits per heavy atom. The molecule has 1 aromatic carbocycles. The monoisotopic (exact) mass is 198 g/mol. The molecule has 1 aromatic rings. The van der Waals surface area contributed by atoms with Crippen LogP contribution in [0.25, 0.3) is 0 Å². The zero-order valence-electron chi connectivity index (χ0n) is 14.9. The van der Waals surface area contributed by atoms with Gasteiger partial charge in [0.1, 0.15) is 0 Å². The summed E-state index contributed by atoms with van der Waals surface area (Å²) in [5.74, 6) is -0.444. The fraction of sp³-hybridized carbons (Fsp3) is 0.417. The van der Waals surface area contributed by atoms with Crippen LogP contribution in [-0.2, 0) is 0 Å². The SMILES string of the molecule is [2H]C([2H])([2H])C([2H])([2H])C([2H])([2H])NC(C)C(=O)c1ccccc1. The summed E-state index contributed by atoms with van der Waals surface area (Å²) in [5.41, 5.74) is 0.336. The lowest BCUT2D eigenvalue weighted by Gasteiger charge is -2.11. The molecule has 1 rings (SSSR count). The molecular formula is C12H17NO. The van der Waals surface area contributed by atoms with Crippen LogP contribution in [0.2, 0.25) is 0 Å². The first-order chi connectivity index (χ1) is 9.40. The fourth-order valence-electron chi connectivity index (χ4n) is 1.06. The highest BCUT2D eigenvalue weighted by molar-refractivity contribution is 5.99. The molecule has 0 spiro atoms. The number of hydrogen-bond acceptors (Lipinski definition) is 2. The number of rotatable bonds is 5. The van der Waals surface area contributed by atoms with Gasteiger partial charge in [0.2, 0.25) is 0 Å². The topological polar surface area (TPSA) is 29.1 Å². The van der Waals surface area contributed by atoms with Gasteiger partial charge in [-0.05, 0) is 19.8 Å². The van der Waals surface area contributed by atoms with E-state index in [4.69, 9.17) is 9.60 Å². The molecule has 0 amide bonds. The van der Waals surface area contributed by atoms with E-state index in [0.29, 0.717) is 5.56 Å². The molecule has 0 bridgehead atoms. The zero-order chi connectivity index (χ0) is 16.5. The third kappa shape index (κ3) is 2.96. The molecule has 0 saturated heterocycles. The number of carbonyl (C=O) groups excluding carboxylic acids is 1. The van der Waals surface area contributed by atoms with E-state index in [-0.39, 0.29) is 0 Å². The number of carbonyl (C=O) groups is 1. The lowest BCUT2D eigenvalue weighted by atomic mass is 10.1. The standard InChI is InChI=1S/C12H17NO/c1-3-9-13-10(2)12(14)11-7-5-4-6-8-11/h4-8,10,13H,3,9H2,1-2H3/i1D3,3D2,9D2. The summed E-state index contributed by atoms with van der Waals surface area (Å²) in [5, 5.41) is 2.15. The minimum atomic E-state index is -3.15. The van der Waals surface area contributed by atoms with Crippen molar-refractivity contribution in [3.05, 3.63) is 35.9 Å². The van der Waals surface area contributed by atoms with Crippen LogP contribution in [0.5, 0.6) is 0 Å². The largest absolute Gasteiger partial charge is 0.307 e. The third-order valence-corrected chi connectivity index (χ3v) is 1.80. The quantitative estimate of drug-likeness (QED) is 0.735. The lowest BCUT2D eigenvalue weighted by molar-refractivity contribution is 0.0951. The average Bonchev–Trinajstić information content (AvgIpc) is 2.36. The van der Waals surface area contributed by atoms with Gasteiger partial charge in [0.15, 0.2) is 5.78 Å². The number of nitrogens with one attached hydrogen (secondary N) is 1. The van der Waals surface area contributed by atoms with Gasteiger partial charge in [-0.15, -0.1) is 0 Å². The van der Waals surface area contributed by atoms with Crippen LogP contribution in [-0.4, -0.2) is 18.3 Å². The Bertz CT molecular complexity index is 498. The highest BCUT2D eigenvalue weighted by atomic mass is 16.1. The molecule has 0 aliphatic heterocycles. The second kappa shape index (κ2) is 5.55. The molecule has 1 atom stereocenters. The average molecular weight is 198 g/mol. The van der Waals surface area contributed by atoms with Crippen molar-refractivity contribution in [1.29, 1.82) is 0 Å². The summed E-state index contributed by atoms with van der Waals surface area (Å²) in [6, 6.07) is 7.05. The molecule has 14 heavy (non-hydrogen) atoms. The fourth-order valence-corrected chi connectivity index (χ4v) is 1.06. The van der Waals surface area contributed by atoms with Crippen molar-refractivity contribution >= 4 is 5.78 Å². The Labute approximate surface area is 95.2 Å². The normalized spacial score (nSPS) is 22.8. The zero-order valence-corrected chi connectivity index (χ0v) is 7.87. The molecule has 2 nitrogen and oxygen atoms in total. The van der Waals surface area contributed by atoms with E-state index in [2.05, 4.69) is 5.32 Å². The summed E-state index contributed by atoms with van der Waals surface area (Å²) >= 11 is 0. The van der Waals surface area contributed by atoms with E-state index in [1.807, 2.05) is 0 Å². The van der Waals surface area contributed by atoms with Crippen LogP contribution < -0.4 is 5.32 Å². The first-order valence-electron chi connectivity index (χ1n) is 7.77. The molecule has 1 unspecified atom stereocenters. The molecule has 0 radical (unpaired) electrons. The smallest absolute Gasteiger partial charge is 0.179 e. The van der Waals surface area contributed by atoms with Gasteiger partial charge >= 0.3 is 0 Å². The maximum Gasteiger partial charge on any atom is 0.179 e. The van der Waals surface area contributed by atoms with Gasteiger partial charge in [0, 0.05) is 15.2 Å². The Balaban J connectivity index is 2.92. The highest BCUT2D eigenvalue weighted by Crippen LogP contribution is 2.02. The lowest BCUT2D eigenvalue weighted by Crippen LogP contribution is -2.34. The predicted octanol–water partition coefficient (Wildman–Crippen LogP) is 2.26. The van der Waals surface area contributed by atoms with Crippen LogP contribution in [0.15, 0.2) is 30.3 Å². The summed E-state index contributed by atoms with van der Waals surface area (Å²) in [6.45, 7) is -4.68.